The SMILES string of the molecule is C=c1cccc/c1=C/ON=N. The van der Waals surface area contributed by atoms with Gasteiger partial charge in [0.15, 0.2) is 0 Å². The maximum Gasteiger partial charge on any atom is 0.131 e. The average Bonchev–Trinajstić information content (AvgIpc) is 2.03. The molecule has 0 bridgehead atoms. The average molecular weight is 148 g/mol. The van der Waals surface area contributed by atoms with Gasteiger partial charge in [-0.05, 0) is 5.22 Å². The molecule has 0 fully saturated rings. The Kier molecular flexibility index (Phi) is 2.38. The van der Waals surface area contributed by atoms with E-state index in [-0.39, 0.29) is 0 Å². The molecule has 11 heavy (non-hydrogen) atoms. The molecule has 0 aromatic heterocycles. The van der Waals surface area contributed by atoms with E-state index in [0.29, 0.717) is 0 Å². The largest absolute Gasteiger partial charge is 0.347 e. The van der Waals surface area contributed by atoms with Gasteiger partial charge in [0.2, 0.25) is 0 Å². The van der Waals surface area contributed by atoms with Gasteiger partial charge >= 0.3 is 0 Å². The summed E-state index contributed by atoms with van der Waals surface area (Å²) < 4.78 is 0. The number of hydrogen-bond acceptors (Lipinski definition) is 3. The Hall–Kier alpha value is -1.64. The molecule has 0 saturated heterocycles. The standard InChI is InChI=1S/C8H8N2O/c1-7-4-2-3-5-8(7)6-11-10-9/h2-6,9H,1H2/b8-6-,10-9?. The first-order valence-electron chi connectivity index (χ1n) is 3.11. The fourth-order valence-corrected chi connectivity index (χ4v) is 0.732. The quantitative estimate of drug-likeness (QED) is 0.489. The summed E-state index contributed by atoms with van der Waals surface area (Å²) in [4.78, 5) is 4.43. The van der Waals surface area contributed by atoms with E-state index in [1.165, 1.54) is 6.26 Å². The molecule has 0 saturated carbocycles. The van der Waals surface area contributed by atoms with Crippen molar-refractivity contribution in [2.24, 2.45) is 5.28 Å². The van der Waals surface area contributed by atoms with Gasteiger partial charge in [-0.25, -0.2) is 0 Å². The van der Waals surface area contributed by atoms with Gasteiger partial charge in [0.25, 0.3) is 0 Å². The third kappa shape index (κ3) is 1.89. The molecule has 0 spiro atoms. The highest BCUT2D eigenvalue weighted by Gasteiger charge is 1.79. The van der Waals surface area contributed by atoms with Gasteiger partial charge in [0, 0.05) is 10.5 Å². The lowest BCUT2D eigenvalue weighted by Gasteiger charge is -1.86. The molecular weight excluding hydrogens is 140 g/mol. The zero-order valence-electron chi connectivity index (χ0n) is 5.95. The topological polar surface area (TPSA) is 45.4 Å². The van der Waals surface area contributed by atoms with Crippen LogP contribution in [0.3, 0.4) is 0 Å². The van der Waals surface area contributed by atoms with Crippen LogP contribution >= 0.6 is 0 Å². The third-order valence-electron chi connectivity index (χ3n) is 1.29. The van der Waals surface area contributed by atoms with Crippen LogP contribution in [-0.4, -0.2) is 0 Å². The fraction of sp³-hybridized carbons (Fsp3) is 0. The summed E-state index contributed by atoms with van der Waals surface area (Å²) in [6.07, 6.45) is 1.38. The van der Waals surface area contributed by atoms with E-state index in [1.54, 1.807) is 0 Å². The van der Waals surface area contributed by atoms with Crippen LogP contribution in [0.5, 0.6) is 0 Å². The Morgan fingerprint density at radius 1 is 1.45 bits per heavy atom. The van der Waals surface area contributed by atoms with E-state index in [0.717, 1.165) is 10.4 Å². The first kappa shape index (κ1) is 7.47. The summed E-state index contributed by atoms with van der Waals surface area (Å²) in [5.74, 6) is 0. The van der Waals surface area contributed by atoms with Crippen molar-refractivity contribution in [2.75, 3.05) is 0 Å². The van der Waals surface area contributed by atoms with Crippen LogP contribution in [0.1, 0.15) is 0 Å². The number of benzene rings is 1. The molecule has 3 heteroatoms. The second-order valence-corrected chi connectivity index (χ2v) is 2.01. The van der Waals surface area contributed by atoms with Crippen LogP contribution in [-0.2, 0) is 4.84 Å². The van der Waals surface area contributed by atoms with Gasteiger partial charge in [-0.1, -0.05) is 30.8 Å². The Balaban J connectivity index is 3.13. The highest BCUT2D eigenvalue weighted by atomic mass is 16.6. The molecule has 56 valence electrons. The molecular formula is C8H8N2O. The lowest BCUT2D eigenvalue weighted by atomic mass is 10.3. The predicted molar refractivity (Wildman–Crippen MR) is 41.9 cm³/mol. The lowest BCUT2D eigenvalue weighted by molar-refractivity contribution is 0.274. The molecule has 0 heterocycles. The van der Waals surface area contributed by atoms with E-state index in [9.17, 15) is 0 Å². The van der Waals surface area contributed by atoms with Gasteiger partial charge in [0.1, 0.15) is 6.26 Å². The van der Waals surface area contributed by atoms with Crippen molar-refractivity contribution in [3.05, 3.63) is 34.7 Å². The Bertz CT molecular complexity index is 345. The van der Waals surface area contributed by atoms with Crippen LogP contribution in [0.4, 0.5) is 0 Å². The van der Waals surface area contributed by atoms with Gasteiger partial charge in [-0.2, -0.15) is 5.53 Å². The monoisotopic (exact) mass is 148 g/mol. The zero-order valence-corrected chi connectivity index (χ0v) is 5.95. The summed E-state index contributed by atoms with van der Waals surface area (Å²) in [5.41, 5.74) is 6.37. The molecule has 1 N–H and O–H groups in total. The van der Waals surface area contributed by atoms with Crippen LogP contribution in [0.2, 0.25) is 0 Å². The van der Waals surface area contributed by atoms with Crippen molar-refractivity contribution < 1.29 is 4.84 Å². The normalized spacial score (nSPS) is 11.1. The maximum absolute atomic E-state index is 6.37. The summed E-state index contributed by atoms with van der Waals surface area (Å²) in [6, 6.07) is 7.46. The van der Waals surface area contributed by atoms with Crippen molar-refractivity contribution in [1.29, 1.82) is 5.53 Å². The smallest absolute Gasteiger partial charge is 0.131 e. The van der Waals surface area contributed by atoms with Crippen molar-refractivity contribution in [2.45, 2.75) is 0 Å². The number of nitrogens with zero attached hydrogens (tertiary/aromatic N) is 1. The van der Waals surface area contributed by atoms with Crippen LogP contribution in [0, 0.1) is 5.53 Å². The summed E-state index contributed by atoms with van der Waals surface area (Å²) in [5, 5.41) is 4.43. The van der Waals surface area contributed by atoms with Gasteiger partial charge in [-0.3, -0.25) is 0 Å². The van der Waals surface area contributed by atoms with E-state index in [2.05, 4.69) is 16.7 Å². The van der Waals surface area contributed by atoms with E-state index in [1.807, 2.05) is 24.3 Å². The molecule has 0 amide bonds. The molecule has 0 aliphatic rings. The zero-order chi connectivity index (χ0) is 8.10. The second kappa shape index (κ2) is 3.51. The summed E-state index contributed by atoms with van der Waals surface area (Å²) in [7, 11) is 0. The molecule has 3 nitrogen and oxygen atoms in total. The maximum atomic E-state index is 6.37. The Morgan fingerprint density at radius 3 is 2.82 bits per heavy atom. The molecule has 0 aliphatic heterocycles. The second-order valence-electron chi connectivity index (χ2n) is 2.01. The minimum absolute atomic E-state index is 0.837. The molecule has 1 aromatic carbocycles. The van der Waals surface area contributed by atoms with Crippen molar-refractivity contribution in [3.8, 4) is 0 Å². The fourth-order valence-electron chi connectivity index (χ4n) is 0.732. The van der Waals surface area contributed by atoms with Gasteiger partial charge < -0.3 is 4.84 Å². The number of rotatable bonds is 2. The van der Waals surface area contributed by atoms with E-state index >= 15 is 0 Å². The van der Waals surface area contributed by atoms with Crippen LogP contribution in [0.15, 0.2) is 29.5 Å². The minimum Gasteiger partial charge on any atom is -0.347 e. The predicted octanol–water partition coefficient (Wildman–Crippen LogP) is 0.797. The molecule has 0 atom stereocenters. The molecule has 1 rings (SSSR count). The highest BCUT2D eigenvalue weighted by Crippen LogP contribution is 1.74. The first-order chi connectivity index (χ1) is 5.34. The summed E-state index contributed by atoms with van der Waals surface area (Å²) >= 11 is 0. The summed E-state index contributed by atoms with van der Waals surface area (Å²) in [6.45, 7) is 3.76. The van der Waals surface area contributed by atoms with Crippen molar-refractivity contribution >= 4 is 12.8 Å². The lowest BCUT2D eigenvalue weighted by Crippen LogP contribution is -2.21. The first-order valence-corrected chi connectivity index (χ1v) is 3.11. The third-order valence-corrected chi connectivity index (χ3v) is 1.29. The Morgan fingerprint density at radius 2 is 2.18 bits per heavy atom. The number of hydrogen-bond donors (Lipinski definition) is 1. The van der Waals surface area contributed by atoms with Gasteiger partial charge in [-0.15, -0.1) is 0 Å². The van der Waals surface area contributed by atoms with E-state index < -0.39 is 0 Å². The number of nitrogens with one attached hydrogen (secondary N) is 1. The molecule has 0 unspecified atom stereocenters. The van der Waals surface area contributed by atoms with Crippen LogP contribution < -0.4 is 10.4 Å². The minimum atomic E-state index is 0.837. The van der Waals surface area contributed by atoms with E-state index in [4.69, 9.17) is 5.53 Å². The highest BCUT2D eigenvalue weighted by molar-refractivity contribution is 5.20. The van der Waals surface area contributed by atoms with Crippen LogP contribution in [0.25, 0.3) is 12.8 Å². The van der Waals surface area contributed by atoms with Crippen molar-refractivity contribution in [1.82, 2.24) is 0 Å². The molecule has 1 aromatic rings. The van der Waals surface area contributed by atoms with Crippen molar-refractivity contribution in [3.63, 3.8) is 0 Å². The Labute approximate surface area is 64.1 Å². The van der Waals surface area contributed by atoms with Gasteiger partial charge in [0.05, 0.1) is 0 Å². The molecule has 0 radical (unpaired) electrons. The molecule has 0 aliphatic carbocycles.